The van der Waals surface area contributed by atoms with Gasteiger partial charge >= 0.3 is 0 Å². The van der Waals surface area contributed by atoms with Crippen LogP contribution in [0.2, 0.25) is 0 Å². The molecule has 2 aliphatic heterocycles. The Hall–Kier alpha value is -1.40. The highest BCUT2D eigenvalue weighted by atomic mass is 16.7. The van der Waals surface area contributed by atoms with E-state index >= 15 is 0 Å². The molecule has 0 bridgehead atoms. The summed E-state index contributed by atoms with van der Waals surface area (Å²) >= 11 is 0. The molecule has 0 radical (unpaired) electrons. The predicted octanol–water partition coefficient (Wildman–Crippen LogP) is 3.84. The number of fused-ring (bicyclic) bond motifs is 7. The third-order valence-corrected chi connectivity index (χ3v) is 10.7. The van der Waals surface area contributed by atoms with Crippen LogP contribution in [0.3, 0.4) is 0 Å². The smallest absolute Gasteiger partial charge is 0.127 e. The number of ether oxygens (including phenoxy) is 2. The summed E-state index contributed by atoms with van der Waals surface area (Å²) in [5.41, 5.74) is 2.83. The molecule has 3 N–H and O–H groups in total. The third kappa shape index (κ3) is 2.07. The number of hydrogen-bond acceptors (Lipinski definition) is 4. The topological polar surface area (TPSA) is 78.0 Å². The first kappa shape index (κ1) is 20.0. The second-order valence-electron chi connectivity index (χ2n) is 12.3. The second kappa shape index (κ2) is 5.80. The van der Waals surface area contributed by atoms with Crippen molar-refractivity contribution in [3.05, 3.63) is 35.5 Å². The largest absolute Gasteiger partial charge is 0.388 e. The highest BCUT2D eigenvalue weighted by Gasteiger charge is 2.80. The fraction of sp³-hybridized carbons (Fsp3) is 0.704. The number of aliphatic hydroxyl groups is 2. The minimum atomic E-state index is -1.09. The summed E-state index contributed by atoms with van der Waals surface area (Å²) in [5.74, 6) is 0.980. The maximum Gasteiger partial charge on any atom is 0.127 e. The van der Waals surface area contributed by atoms with Gasteiger partial charge in [-0.15, -0.1) is 0 Å². The number of nitrogens with one attached hydrogen (secondary N) is 1. The van der Waals surface area contributed by atoms with Crippen LogP contribution in [-0.4, -0.2) is 50.8 Å². The Morgan fingerprint density at radius 3 is 2.69 bits per heavy atom. The second-order valence-corrected chi connectivity index (χ2v) is 12.3. The highest BCUT2D eigenvalue weighted by Crippen LogP contribution is 2.73. The van der Waals surface area contributed by atoms with Gasteiger partial charge in [-0.05, 0) is 74.8 Å². The lowest BCUT2D eigenvalue weighted by atomic mass is 9.43. The van der Waals surface area contributed by atoms with E-state index in [9.17, 15) is 10.2 Å². The van der Waals surface area contributed by atoms with Crippen LogP contribution in [0.15, 0.2) is 24.3 Å². The summed E-state index contributed by atoms with van der Waals surface area (Å²) < 4.78 is 12.9. The van der Waals surface area contributed by atoms with Gasteiger partial charge < -0.3 is 24.7 Å². The van der Waals surface area contributed by atoms with E-state index in [1.54, 1.807) is 13.8 Å². The van der Waals surface area contributed by atoms with Crippen LogP contribution in [0.4, 0.5) is 0 Å². The number of epoxide rings is 1. The summed E-state index contributed by atoms with van der Waals surface area (Å²) in [5, 5.41) is 23.1. The molecular weight excluding hydrogens is 402 g/mol. The molecule has 5 heteroatoms. The Morgan fingerprint density at radius 1 is 1.12 bits per heavy atom. The van der Waals surface area contributed by atoms with Gasteiger partial charge in [-0.2, -0.15) is 0 Å². The van der Waals surface area contributed by atoms with Crippen molar-refractivity contribution in [3.63, 3.8) is 0 Å². The Balaban J connectivity index is 1.33. The average molecular weight is 438 g/mol. The third-order valence-electron chi connectivity index (χ3n) is 10.7. The van der Waals surface area contributed by atoms with Crippen LogP contribution in [0, 0.1) is 17.3 Å². The molecule has 2 saturated carbocycles. The van der Waals surface area contributed by atoms with E-state index in [0.717, 1.165) is 25.7 Å². The molecule has 5 aliphatic rings. The van der Waals surface area contributed by atoms with Gasteiger partial charge in [0.25, 0.3) is 0 Å². The molecule has 1 aromatic carbocycles. The molecule has 5 nitrogen and oxygen atoms in total. The number of benzene rings is 1. The van der Waals surface area contributed by atoms with Crippen molar-refractivity contribution < 1.29 is 19.7 Å². The predicted molar refractivity (Wildman–Crippen MR) is 121 cm³/mol. The van der Waals surface area contributed by atoms with Gasteiger partial charge in [0.15, 0.2) is 0 Å². The number of hydrogen-bond donors (Lipinski definition) is 3. The molecule has 9 atom stereocenters. The van der Waals surface area contributed by atoms with Gasteiger partial charge in [-0.1, -0.05) is 32.0 Å². The molecule has 0 unspecified atom stereocenters. The maximum atomic E-state index is 11.1. The zero-order valence-electron chi connectivity index (χ0n) is 19.5. The zero-order chi connectivity index (χ0) is 22.3. The monoisotopic (exact) mass is 437 g/mol. The Labute approximate surface area is 189 Å². The molecular formula is C27H35NO4. The normalized spacial score (nSPS) is 49.1. The Morgan fingerprint density at radius 2 is 1.91 bits per heavy atom. The lowest BCUT2D eigenvalue weighted by Gasteiger charge is -2.62. The molecule has 172 valence electrons. The summed E-state index contributed by atoms with van der Waals surface area (Å²) in [6.45, 7) is 8.44. The minimum absolute atomic E-state index is 0.0471. The van der Waals surface area contributed by atoms with Crippen molar-refractivity contribution in [2.45, 2.75) is 101 Å². The van der Waals surface area contributed by atoms with Crippen molar-refractivity contribution in [2.75, 3.05) is 0 Å². The van der Waals surface area contributed by atoms with Gasteiger partial charge in [-0.25, -0.2) is 0 Å². The van der Waals surface area contributed by atoms with Gasteiger partial charge in [-0.3, -0.25) is 0 Å². The van der Waals surface area contributed by atoms with Crippen molar-refractivity contribution in [3.8, 4) is 0 Å². The summed E-state index contributed by atoms with van der Waals surface area (Å²) in [4.78, 5) is 3.85. The highest BCUT2D eigenvalue weighted by molar-refractivity contribution is 5.86. The van der Waals surface area contributed by atoms with Crippen LogP contribution in [0.1, 0.15) is 64.6 Å². The molecule has 2 aromatic rings. The van der Waals surface area contributed by atoms with Crippen LogP contribution in [0.5, 0.6) is 0 Å². The lowest BCUT2D eigenvalue weighted by molar-refractivity contribution is -0.224. The summed E-state index contributed by atoms with van der Waals surface area (Å²) in [6, 6.07) is 8.74. The van der Waals surface area contributed by atoms with Crippen molar-refractivity contribution >= 4 is 10.9 Å². The number of aromatic nitrogens is 1. The maximum absolute atomic E-state index is 11.1. The molecule has 0 amide bonds. The fourth-order valence-corrected chi connectivity index (χ4v) is 8.98. The summed E-state index contributed by atoms with van der Waals surface area (Å²) in [7, 11) is 0. The van der Waals surface area contributed by atoms with E-state index in [0.29, 0.717) is 11.8 Å². The fourth-order valence-electron chi connectivity index (χ4n) is 8.98. The number of rotatable bonds is 1. The Kier molecular flexibility index (Phi) is 3.63. The van der Waals surface area contributed by atoms with Crippen molar-refractivity contribution in [1.29, 1.82) is 0 Å². The summed E-state index contributed by atoms with van der Waals surface area (Å²) in [6.07, 6.45) is 3.79. The van der Waals surface area contributed by atoms with Gasteiger partial charge in [0.05, 0.1) is 11.7 Å². The molecule has 3 heterocycles. The van der Waals surface area contributed by atoms with Gasteiger partial charge in [0.1, 0.15) is 23.9 Å². The minimum Gasteiger partial charge on any atom is -0.388 e. The van der Waals surface area contributed by atoms with E-state index in [1.807, 2.05) is 0 Å². The van der Waals surface area contributed by atoms with E-state index in [-0.39, 0.29) is 23.0 Å². The molecule has 7 rings (SSSR count). The molecule has 1 spiro atoms. The van der Waals surface area contributed by atoms with Gasteiger partial charge in [0.2, 0.25) is 0 Å². The first-order valence-corrected chi connectivity index (χ1v) is 12.5. The van der Waals surface area contributed by atoms with Crippen LogP contribution in [-0.2, 0) is 21.3 Å². The molecule has 2 saturated heterocycles. The number of para-hydroxylation sites is 1. The van der Waals surface area contributed by atoms with Crippen LogP contribution in [0.25, 0.3) is 10.9 Å². The first-order chi connectivity index (χ1) is 15.1. The van der Waals surface area contributed by atoms with Crippen molar-refractivity contribution in [1.82, 2.24) is 4.98 Å². The zero-order valence-corrected chi connectivity index (χ0v) is 19.5. The number of aromatic amines is 1. The quantitative estimate of drug-likeness (QED) is 0.593. The standard InChI is InChI=1S/C27H35NO4/c1-24(2,30)22-20(29)23-27(32-23)18-10-9-14-13-16-15-7-5-6-8-17(15)28-21(16)26(14,4)25(18,3)12-11-19(27)31-22/h5-8,14,18-20,22-23,28-30H,9-13H2,1-4H3/t14-,18+,19-,20+,22-,23+,25-,26+,27-/m0/s1. The molecule has 32 heavy (non-hydrogen) atoms. The molecule has 3 aliphatic carbocycles. The molecule has 4 fully saturated rings. The lowest BCUT2D eigenvalue weighted by Crippen LogP contribution is -2.67. The number of aliphatic hydroxyl groups excluding tert-OH is 1. The first-order valence-electron chi connectivity index (χ1n) is 12.5. The SMILES string of the molecule is CC(C)(O)[C@H]1O[C@H]2CC[C@@]3(C)[C@@H](CC[C@H]4Cc5c([nH]c6ccccc56)[C@@]43C)[C@]23O[C@@H]3[C@@H]1O. The van der Waals surface area contributed by atoms with E-state index < -0.39 is 23.4 Å². The van der Waals surface area contributed by atoms with Crippen LogP contribution < -0.4 is 0 Å². The average Bonchev–Trinajstić information content (AvgIpc) is 3.28. The van der Waals surface area contributed by atoms with E-state index in [2.05, 4.69) is 43.1 Å². The Bertz CT molecular complexity index is 1120. The van der Waals surface area contributed by atoms with Crippen LogP contribution >= 0.6 is 0 Å². The van der Waals surface area contributed by atoms with E-state index in [1.165, 1.54) is 28.6 Å². The van der Waals surface area contributed by atoms with E-state index in [4.69, 9.17) is 9.47 Å². The van der Waals surface area contributed by atoms with Gasteiger partial charge in [0, 0.05) is 22.0 Å². The molecule has 1 aromatic heterocycles. The van der Waals surface area contributed by atoms with Crippen molar-refractivity contribution in [2.24, 2.45) is 17.3 Å². The number of H-pyrrole nitrogens is 1.